The number of hydrogen-bond acceptors (Lipinski definition) is 5. The predicted molar refractivity (Wildman–Crippen MR) is 110 cm³/mol. The molecule has 2 aromatic carbocycles. The van der Waals surface area contributed by atoms with Gasteiger partial charge in [0.25, 0.3) is 5.56 Å². The maximum Gasteiger partial charge on any atom is 0.471 e. The van der Waals surface area contributed by atoms with E-state index >= 15 is 0 Å². The molecule has 0 aliphatic rings. The van der Waals surface area contributed by atoms with Crippen molar-refractivity contribution in [2.45, 2.75) is 12.9 Å². The van der Waals surface area contributed by atoms with Gasteiger partial charge in [0.15, 0.2) is 5.75 Å². The number of anilines is 2. The minimum atomic E-state index is -4.82. The molecular formula is C19H14ClF4N2O6P. The molecule has 0 bridgehead atoms. The molecule has 33 heavy (non-hydrogen) atoms. The Morgan fingerprint density at radius 1 is 1.06 bits per heavy atom. The highest BCUT2D eigenvalue weighted by molar-refractivity contribution is 7.46. The summed E-state index contributed by atoms with van der Waals surface area (Å²) in [5, 5.41) is 2.51. The standard InChI is InChI=1S/C19H14ClF4N2O6P/c20-14-8-12(21)2-4-16(14)32-17-3-1-11(19(22,23)24)7-15(17)25-13-5-6-26(18(27)9-13)10-31-33(28,29)30/h1-9,25H,10H2,(H2,28,29,30). The zero-order valence-electron chi connectivity index (χ0n) is 16.2. The van der Waals surface area contributed by atoms with Crippen molar-refractivity contribution in [3.63, 3.8) is 0 Å². The summed E-state index contributed by atoms with van der Waals surface area (Å²) in [7, 11) is -4.82. The van der Waals surface area contributed by atoms with E-state index in [1.807, 2.05) is 0 Å². The van der Waals surface area contributed by atoms with E-state index in [1.165, 1.54) is 12.1 Å². The van der Waals surface area contributed by atoms with E-state index in [4.69, 9.17) is 26.1 Å². The van der Waals surface area contributed by atoms with Gasteiger partial charge in [-0.25, -0.2) is 8.96 Å². The van der Waals surface area contributed by atoms with Crippen LogP contribution in [0.5, 0.6) is 11.5 Å². The molecule has 1 heterocycles. The Balaban J connectivity index is 1.94. The van der Waals surface area contributed by atoms with E-state index in [2.05, 4.69) is 9.84 Å². The van der Waals surface area contributed by atoms with Crippen LogP contribution in [-0.4, -0.2) is 14.4 Å². The molecular weight excluding hydrogens is 495 g/mol. The minimum Gasteiger partial charge on any atom is -0.454 e. The van der Waals surface area contributed by atoms with Crippen molar-refractivity contribution in [3.8, 4) is 11.5 Å². The van der Waals surface area contributed by atoms with Gasteiger partial charge < -0.3 is 19.8 Å². The molecule has 3 N–H and O–H groups in total. The van der Waals surface area contributed by atoms with Crippen molar-refractivity contribution in [1.82, 2.24) is 4.57 Å². The lowest BCUT2D eigenvalue weighted by Gasteiger charge is -2.17. The second-order valence-corrected chi connectivity index (χ2v) is 8.13. The largest absolute Gasteiger partial charge is 0.471 e. The van der Waals surface area contributed by atoms with Gasteiger partial charge in [0.1, 0.15) is 18.3 Å². The third-order valence-corrected chi connectivity index (χ3v) is 4.81. The molecule has 0 radical (unpaired) electrons. The molecule has 0 spiro atoms. The van der Waals surface area contributed by atoms with Crippen molar-refractivity contribution < 1.29 is 41.2 Å². The monoisotopic (exact) mass is 508 g/mol. The molecule has 0 aliphatic carbocycles. The minimum absolute atomic E-state index is 0.0223. The average Bonchev–Trinajstić information content (AvgIpc) is 2.69. The quantitative estimate of drug-likeness (QED) is 0.295. The summed E-state index contributed by atoms with van der Waals surface area (Å²) in [6, 6.07) is 7.99. The fraction of sp³-hybridized carbons (Fsp3) is 0.105. The molecule has 0 atom stereocenters. The second-order valence-electron chi connectivity index (χ2n) is 6.48. The molecule has 0 fully saturated rings. The van der Waals surface area contributed by atoms with Crippen LogP contribution in [0, 0.1) is 5.82 Å². The van der Waals surface area contributed by atoms with E-state index < -0.39 is 37.7 Å². The average molecular weight is 509 g/mol. The Labute approximate surface area is 188 Å². The van der Waals surface area contributed by atoms with Crippen LogP contribution in [0.1, 0.15) is 5.56 Å². The van der Waals surface area contributed by atoms with E-state index in [0.29, 0.717) is 0 Å². The van der Waals surface area contributed by atoms with Gasteiger partial charge in [-0.1, -0.05) is 11.6 Å². The first kappa shape index (κ1) is 24.7. The van der Waals surface area contributed by atoms with E-state index in [9.17, 15) is 26.9 Å². The Bertz CT molecular complexity index is 1280. The summed E-state index contributed by atoms with van der Waals surface area (Å²) < 4.78 is 74.3. The van der Waals surface area contributed by atoms with Crippen molar-refractivity contribution in [2.75, 3.05) is 5.32 Å². The van der Waals surface area contributed by atoms with Crippen molar-refractivity contribution in [1.29, 1.82) is 0 Å². The zero-order chi connectivity index (χ0) is 24.4. The van der Waals surface area contributed by atoms with Gasteiger partial charge in [-0.15, -0.1) is 0 Å². The van der Waals surface area contributed by atoms with Gasteiger partial charge in [0, 0.05) is 18.0 Å². The number of ether oxygens (including phenoxy) is 1. The van der Waals surface area contributed by atoms with Gasteiger partial charge in [-0.3, -0.25) is 13.9 Å². The lowest BCUT2D eigenvalue weighted by atomic mass is 10.1. The molecule has 176 valence electrons. The number of rotatable bonds is 7. The van der Waals surface area contributed by atoms with Crippen LogP contribution in [0.4, 0.5) is 28.9 Å². The summed E-state index contributed by atoms with van der Waals surface area (Å²) in [4.78, 5) is 29.6. The third kappa shape index (κ3) is 6.80. The fourth-order valence-corrected chi connectivity index (χ4v) is 3.04. The summed E-state index contributed by atoms with van der Waals surface area (Å²) in [6.07, 6.45) is -3.56. The number of hydrogen-bond donors (Lipinski definition) is 3. The molecule has 0 saturated carbocycles. The number of phosphoric acid groups is 1. The second kappa shape index (κ2) is 9.54. The number of nitrogens with zero attached hydrogens (tertiary/aromatic N) is 1. The zero-order valence-corrected chi connectivity index (χ0v) is 17.9. The van der Waals surface area contributed by atoms with Crippen LogP contribution in [0.3, 0.4) is 0 Å². The normalized spacial score (nSPS) is 12.0. The van der Waals surface area contributed by atoms with Crippen LogP contribution in [0.15, 0.2) is 59.5 Å². The van der Waals surface area contributed by atoms with E-state index in [0.717, 1.165) is 47.2 Å². The van der Waals surface area contributed by atoms with Crippen molar-refractivity contribution in [3.05, 3.63) is 81.5 Å². The molecule has 1 aromatic heterocycles. The Morgan fingerprint density at radius 2 is 1.76 bits per heavy atom. The van der Waals surface area contributed by atoms with Gasteiger partial charge in [-0.05, 0) is 42.5 Å². The lowest BCUT2D eigenvalue weighted by molar-refractivity contribution is -0.137. The van der Waals surface area contributed by atoms with E-state index in [1.54, 1.807) is 0 Å². The maximum absolute atomic E-state index is 13.3. The highest BCUT2D eigenvalue weighted by Crippen LogP contribution is 2.39. The number of aromatic nitrogens is 1. The highest BCUT2D eigenvalue weighted by Gasteiger charge is 2.31. The van der Waals surface area contributed by atoms with Crippen LogP contribution in [-0.2, 0) is 22.0 Å². The van der Waals surface area contributed by atoms with Crippen LogP contribution < -0.4 is 15.6 Å². The van der Waals surface area contributed by atoms with Gasteiger partial charge in [0.2, 0.25) is 0 Å². The number of benzene rings is 2. The van der Waals surface area contributed by atoms with Gasteiger partial charge in [0.05, 0.1) is 16.3 Å². The summed E-state index contributed by atoms with van der Waals surface area (Å²) in [5.41, 5.74) is -1.91. The Kier molecular flexibility index (Phi) is 7.15. The maximum atomic E-state index is 13.3. The first-order valence-electron chi connectivity index (χ1n) is 8.83. The number of halogens is 5. The summed E-state index contributed by atoms with van der Waals surface area (Å²) in [5.74, 6) is -0.766. The molecule has 0 aliphatic heterocycles. The molecule has 8 nitrogen and oxygen atoms in total. The van der Waals surface area contributed by atoms with Gasteiger partial charge >= 0.3 is 14.0 Å². The molecule has 3 aromatic rings. The predicted octanol–water partition coefficient (Wildman–Crippen LogP) is 5.26. The molecule has 0 saturated heterocycles. The first-order chi connectivity index (χ1) is 15.3. The van der Waals surface area contributed by atoms with E-state index in [-0.39, 0.29) is 27.9 Å². The number of nitrogens with one attached hydrogen (secondary N) is 1. The summed E-state index contributed by atoms with van der Waals surface area (Å²) in [6.45, 7) is -0.746. The number of phosphoric ester groups is 1. The molecule has 0 amide bonds. The summed E-state index contributed by atoms with van der Waals surface area (Å²) >= 11 is 5.92. The van der Waals surface area contributed by atoms with Crippen molar-refractivity contribution >= 4 is 30.8 Å². The Morgan fingerprint density at radius 3 is 2.36 bits per heavy atom. The topological polar surface area (TPSA) is 110 Å². The lowest BCUT2D eigenvalue weighted by Crippen LogP contribution is -2.19. The smallest absolute Gasteiger partial charge is 0.454 e. The SMILES string of the molecule is O=c1cc(Nc2cc(C(F)(F)F)ccc2Oc2ccc(F)cc2Cl)ccn1COP(=O)(O)O. The molecule has 0 unspecified atom stereocenters. The first-order valence-corrected chi connectivity index (χ1v) is 10.7. The Hall–Kier alpha value is -2.89. The molecule has 14 heteroatoms. The fourth-order valence-electron chi connectivity index (χ4n) is 2.55. The number of pyridine rings is 1. The van der Waals surface area contributed by atoms with Crippen LogP contribution >= 0.6 is 19.4 Å². The highest BCUT2D eigenvalue weighted by atomic mass is 35.5. The van der Waals surface area contributed by atoms with Crippen LogP contribution in [0.25, 0.3) is 0 Å². The van der Waals surface area contributed by atoms with Crippen molar-refractivity contribution in [2.24, 2.45) is 0 Å². The van der Waals surface area contributed by atoms with Crippen LogP contribution in [0.2, 0.25) is 5.02 Å². The molecule has 3 rings (SSSR count). The van der Waals surface area contributed by atoms with Gasteiger partial charge in [-0.2, -0.15) is 13.2 Å². The third-order valence-electron chi connectivity index (χ3n) is 4.06. The number of alkyl halides is 3.